The molecule has 650 valence electrons. The van der Waals surface area contributed by atoms with Crippen molar-refractivity contribution in [1.82, 2.24) is 30.2 Å². The molecule has 39 heteroatoms. The second-order valence-electron chi connectivity index (χ2n) is 25.2. The van der Waals surface area contributed by atoms with Gasteiger partial charge in [-0.25, -0.2) is 34.3 Å². The summed E-state index contributed by atoms with van der Waals surface area (Å²) in [5, 5.41) is 53.3. The number of thiazole rings is 4. The zero-order valence-corrected chi connectivity index (χ0v) is 75.1. The second kappa shape index (κ2) is 56.9. The van der Waals surface area contributed by atoms with Gasteiger partial charge in [0, 0.05) is 127 Å². The third-order valence-corrected chi connectivity index (χ3v) is 17.4. The van der Waals surface area contributed by atoms with Gasteiger partial charge in [0.05, 0.1) is 63.5 Å². The van der Waals surface area contributed by atoms with Gasteiger partial charge >= 0.3 is 17.9 Å². The number of hydrogen-bond donors (Lipinski definition) is 14. The van der Waals surface area contributed by atoms with E-state index in [2.05, 4.69) is 98.8 Å². The van der Waals surface area contributed by atoms with Gasteiger partial charge in [-0.3, -0.25) is 28.8 Å². The molecule has 0 fully saturated rings. The fourth-order valence-corrected chi connectivity index (χ4v) is 12.3. The molecule has 10 rings (SSSR count). The van der Waals surface area contributed by atoms with E-state index in [1.54, 1.807) is 113 Å². The van der Waals surface area contributed by atoms with Crippen LogP contribution in [0.5, 0.6) is 28.7 Å². The maximum atomic E-state index is 12.3. The first-order valence-corrected chi connectivity index (χ1v) is 39.9. The first-order valence-electron chi connectivity index (χ1n) is 34.8. The molecule has 32 nitrogen and oxygen atoms in total. The summed E-state index contributed by atoms with van der Waals surface area (Å²) in [6, 6.07) is 30.7. The van der Waals surface area contributed by atoms with Crippen molar-refractivity contribution < 1.29 is 77.4 Å². The number of carbonyl (C=O) groups is 8. The topological polar surface area (TPSA) is 504 Å². The molecule has 119 heavy (non-hydrogen) atoms. The maximum absolute atomic E-state index is 12.3. The zero-order valence-electron chi connectivity index (χ0n) is 67.7. The van der Waals surface area contributed by atoms with Crippen molar-refractivity contribution >= 4 is 197 Å². The number of thiocarbonyl (C=S) groups is 1. The number of nitrogen functional groups attached to an aromatic ring is 3. The van der Waals surface area contributed by atoms with Crippen LogP contribution in [0.2, 0.25) is 0 Å². The van der Waals surface area contributed by atoms with E-state index in [4.69, 9.17) is 61.9 Å². The average molecular weight is 1870 g/mol. The van der Waals surface area contributed by atoms with Crippen molar-refractivity contribution in [2.45, 2.75) is 135 Å². The normalized spacial score (nSPS) is 9.75. The summed E-state index contributed by atoms with van der Waals surface area (Å²) in [4.78, 5) is 118. The van der Waals surface area contributed by atoms with Crippen LogP contribution in [-0.2, 0) is 9.59 Å². The lowest BCUT2D eigenvalue weighted by Gasteiger charge is -2.10. The van der Waals surface area contributed by atoms with Crippen LogP contribution < -0.4 is 83.9 Å². The number of ketones is 4. The second-order valence-corrected chi connectivity index (χ2v) is 29.6. The van der Waals surface area contributed by atoms with Crippen LogP contribution in [0.1, 0.15) is 167 Å². The molecule has 0 saturated heterocycles. The molecule has 0 unspecified atom stereocenters. The summed E-state index contributed by atoms with van der Waals surface area (Å²) in [6.07, 6.45) is 0. The number of aliphatic carboxylic acids is 1. The Morgan fingerprint density at radius 3 is 1.19 bits per heavy atom. The zero-order chi connectivity index (χ0) is 87.6. The van der Waals surface area contributed by atoms with Crippen LogP contribution in [0, 0.1) is 0 Å². The van der Waals surface area contributed by atoms with Gasteiger partial charge in [-0.2, -0.15) is 0 Å². The van der Waals surface area contributed by atoms with Crippen LogP contribution in [0.4, 0.5) is 43.3 Å². The maximum Gasteiger partial charge on any atom is 0.373 e. The Morgan fingerprint density at radius 2 is 0.866 bits per heavy atom. The Morgan fingerprint density at radius 1 is 0.496 bits per heavy atom. The SMILES string of the molecule is Br.C.C.CC(C)NC(N)=S.CC(C)Nc1nc(C(=O)O)cs1.CC(C)Nc1nc(C(=O)O)cs1.COc1ccc(C(C)=O)c(N)c1.COc1ccc(C(C)=O)c(N)c1.COc1ccc(C(C)=O)c(NC(=O)c2csc(NC(C)C)n2)c1.COc1ccc2c(=O)cc(-c3csc(NC(C)C)n3)[nH]c2c1.COc1cccc(N)c1.O=C(O)C(=O)CBr. The number of ether oxygens (including phenoxy) is 5. The van der Waals surface area contributed by atoms with Gasteiger partial charge in [-0.05, 0) is 163 Å². The summed E-state index contributed by atoms with van der Waals surface area (Å²) in [5.41, 5.74) is 28.0. The third kappa shape index (κ3) is 42.0. The number of anilines is 8. The average Bonchev–Trinajstić information content (AvgIpc) is 1.77. The Bertz CT molecular complexity index is 4810. The highest BCUT2D eigenvalue weighted by molar-refractivity contribution is 9.09. The van der Waals surface area contributed by atoms with E-state index >= 15 is 0 Å². The number of aromatic amines is 1. The first kappa shape index (κ1) is 110. The smallest absolute Gasteiger partial charge is 0.373 e. The highest BCUT2D eigenvalue weighted by atomic mass is 79.9. The molecule has 0 saturated carbocycles. The molecule has 5 aromatic carbocycles. The quantitative estimate of drug-likeness (QED) is 0.00878. The van der Waals surface area contributed by atoms with Gasteiger partial charge in [0.25, 0.3) is 5.91 Å². The van der Waals surface area contributed by atoms with E-state index in [1.165, 1.54) is 84.0 Å². The van der Waals surface area contributed by atoms with Crippen molar-refractivity contribution in [3.8, 4) is 40.1 Å². The van der Waals surface area contributed by atoms with Gasteiger partial charge in [-0.1, -0.05) is 36.8 Å². The number of carboxylic acid groups (broad SMARTS) is 3. The molecule has 0 spiro atoms. The minimum absolute atomic E-state index is 0. The standard InChI is InChI=1S/C16H19N3O3S.C16H17N3O2S.2C9H11NO2.2C7H10N2O2S.C7H9NO.C4H10N2S.C3H3BrO3.2CH4.BrH/c1-9(2)17-16-19-14(8-23-16)15(21)18-13-7-11(22-4)5-6-12(13)10(3)20;1-9(2)17-16-19-14(8-22-16)13-7-15(20)11-5-4-10(21-3)6-12(11)18-13;2*1-6(11)8-4-3-7(12-2)5-9(8)10;2*1-4(2)8-7-9-5(3-12-7)6(10)11;1-9-7-4-2-3-6(8)5-7;1-3(2)6-4(5)7;4-1-2(5)3(6)7;;;/h5-9H,1-4H3,(H,17,19)(H,18,21);4-9H,1-3H3,(H,17,19)(H,18,20);2*3-5H,10H2,1-2H3;2*3-4H,1-2H3,(H,8,9)(H,10,11);2-5H,8H2,1H3;3H,1-2H3,(H3,5,6,7);1H2,(H,6,7);2*1H4;1H. The molecule has 0 aliphatic heterocycles. The summed E-state index contributed by atoms with van der Waals surface area (Å²) >= 11 is 12.7. The predicted molar refractivity (Wildman–Crippen MR) is 496 cm³/mol. The molecule has 5 heterocycles. The van der Waals surface area contributed by atoms with E-state index in [-0.39, 0.29) is 95.4 Å². The van der Waals surface area contributed by atoms with Crippen LogP contribution in [0.3, 0.4) is 0 Å². The highest BCUT2D eigenvalue weighted by Crippen LogP contribution is 2.29. The molecule has 0 aliphatic rings. The number of halogens is 2. The number of H-pyrrole nitrogens is 1. The fraction of sp³-hybridized carbons (Fsp3) is 0.325. The number of carboxylic acids is 3. The number of nitrogens with zero attached hydrogens (tertiary/aromatic N) is 4. The molecular formula is C80H109Br2N15O17S5. The minimum atomic E-state index is -1.39. The first-order chi connectivity index (χ1) is 54.6. The Hall–Kier alpha value is -11.4. The van der Waals surface area contributed by atoms with Crippen molar-refractivity contribution in [2.75, 3.05) is 84.7 Å². The number of benzene rings is 5. The number of pyridine rings is 1. The van der Waals surface area contributed by atoms with Gasteiger partial charge in [0.15, 0.2) is 59.8 Å². The Kier molecular flexibility index (Phi) is 52.4. The van der Waals surface area contributed by atoms with Gasteiger partial charge < -0.3 is 98.8 Å². The fourth-order valence-electron chi connectivity index (χ4n) is 8.48. The van der Waals surface area contributed by atoms with E-state index < -0.39 is 23.7 Å². The summed E-state index contributed by atoms with van der Waals surface area (Å²) in [6.45, 7) is 24.4. The van der Waals surface area contributed by atoms with Crippen LogP contribution >= 0.6 is 90.5 Å². The van der Waals surface area contributed by atoms with Crippen molar-refractivity contribution in [3.05, 3.63) is 169 Å². The lowest BCUT2D eigenvalue weighted by molar-refractivity contribution is -0.147. The molecule has 1 amide bonds. The molecule has 10 aromatic rings. The summed E-state index contributed by atoms with van der Waals surface area (Å²) in [5.74, 6) is -1.35. The van der Waals surface area contributed by atoms with Crippen LogP contribution in [0.15, 0.2) is 129 Å². The number of aromatic nitrogens is 5. The van der Waals surface area contributed by atoms with E-state index in [0.717, 1.165) is 27.8 Å². The molecule has 0 aliphatic carbocycles. The molecule has 0 radical (unpaired) electrons. The monoisotopic (exact) mass is 1870 g/mol. The number of nitrogens with two attached hydrogens (primary N) is 4. The predicted octanol–water partition coefficient (Wildman–Crippen LogP) is 16.6. The Balaban J connectivity index is 0. The number of Topliss-reactive ketones (excluding diaryl/α,β-unsaturated/α-hetero) is 4. The number of rotatable bonds is 24. The van der Waals surface area contributed by atoms with Gasteiger partial charge in [0.1, 0.15) is 34.4 Å². The summed E-state index contributed by atoms with van der Waals surface area (Å²) < 4.78 is 25.1. The molecule has 0 bridgehead atoms. The van der Waals surface area contributed by atoms with Crippen LogP contribution in [-0.4, -0.2) is 163 Å². The number of amides is 1. The molecule has 0 atom stereocenters. The number of hydrogen-bond acceptors (Lipinski definition) is 30. The lowest BCUT2D eigenvalue weighted by atomic mass is 10.1. The largest absolute Gasteiger partial charge is 0.497 e. The lowest BCUT2D eigenvalue weighted by Crippen LogP contribution is -2.34. The number of nitrogens with one attached hydrogen (secondary N) is 7. The van der Waals surface area contributed by atoms with E-state index in [9.17, 15) is 43.2 Å². The van der Waals surface area contributed by atoms with Crippen molar-refractivity contribution in [2.24, 2.45) is 5.73 Å². The molecular weight excluding hydrogens is 1760 g/mol. The van der Waals surface area contributed by atoms with Gasteiger partial charge in [-0.15, -0.1) is 62.3 Å². The Labute approximate surface area is 733 Å². The van der Waals surface area contributed by atoms with Crippen molar-refractivity contribution in [3.63, 3.8) is 0 Å². The number of carbonyl (C=O) groups excluding carboxylic acids is 5. The van der Waals surface area contributed by atoms with E-state index in [1.807, 2.05) is 85.0 Å². The number of alkyl halides is 1. The molecule has 5 aromatic heterocycles. The minimum Gasteiger partial charge on any atom is -0.497 e. The number of fused-ring (bicyclic) bond motifs is 1. The third-order valence-electron chi connectivity index (χ3n) is 13.7. The van der Waals surface area contributed by atoms with Gasteiger partial charge in [0.2, 0.25) is 5.78 Å². The number of aromatic carboxylic acids is 2. The van der Waals surface area contributed by atoms with Crippen molar-refractivity contribution in [1.29, 1.82) is 0 Å². The summed E-state index contributed by atoms with van der Waals surface area (Å²) in [7, 11) is 7.87. The van der Waals surface area contributed by atoms with E-state index in [0.29, 0.717) is 106 Å². The molecule has 18 N–H and O–H groups in total. The van der Waals surface area contributed by atoms with Crippen LogP contribution in [0.25, 0.3) is 22.3 Å². The highest BCUT2D eigenvalue weighted by Gasteiger charge is 2.18. The number of methoxy groups -OCH3 is 5.